The summed E-state index contributed by atoms with van der Waals surface area (Å²) in [6.45, 7) is 2.08. The summed E-state index contributed by atoms with van der Waals surface area (Å²) in [5, 5.41) is 8.66. The smallest absolute Gasteiger partial charge is 0.0726 e. The van der Waals surface area contributed by atoms with Crippen molar-refractivity contribution >= 4 is 10.8 Å². The minimum Gasteiger partial charge on any atom is -0.259 e. The maximum Gasteiger partial charge on any atom is 0.0726 e. The highest BCUT2D eigenvalue weighted by Crippen LogP contribution is 2.23. The maximum atomic E-state index is 12.1. The predicted octanol–water partition coefficient (Wildman–Crippen LogP) is 3.19. The Hall–Kier alpha value is -1.14. The summed E-state index contributed by atoms with van der Waals surface area (Å²) >= 11 is 0. The molecular formula is C13H17NOS. The van der Waals surface area contributed by atoms with Gasteiger partial charge in [0.15, 0.2) is 0 Å². The largest absolute Gasteiger partial charge is 0.259 e. The molecule has 0 aliphatic heterocycles. The minimum atomic E-state index is -0.931. The lowest BCUT2D eigenvalue weighted by Gasteiger charge is -2.13. The number of nitriles is 1. The van der Waals surface area contributed by atoms with Crippen molar-refractivity contribution < 1.29 is 4.21 Å². The van der Waals surface area contributed by atoms with Gasteiger partial charge in [0.25, 0.3) is 0 Å². The zero-order valence-corrected chi connectivity index (χ0v) is 10.4. The van der Waals surface area contributed by atoms with Crippen molar-refractivity contribution in [2.24, 2.45) is 0 Å². The Kier molecular flexibility index (Phi) is 5.81. The Morgan fingerprint density at radius 2 is 2.06 bits per heavy atom. The van der Waals surface area contributed by atoms with Gasteiger partial charge in [0, 0.05) is 16.6 Å². The Balaban J connectivity index is 2.76. The van der Waals surface area contributed by atoms with Gasteiger partial charge in [-0.2, -0.15) is 5.26 Å². The molecule has 86 valence electrons. The molecule has 0 amide bonds. The van der Waals surface area contributed by atoms with Crippen molar-refractivity contribution in [1.29, 1.82) is 5.26 Å². The molecule has 0 heterocycles. The Morgan fingerprint density at radius 3 is 2.62 bits per heavy atom. The fourth-order valence-electron chi connectivity index (χ4n) is 1.54. The fraction of sp³-hybridized carbons (Fsp3) is 0.462. The molecule has 0 bridgehead atoms. The van der Waals surface area contributed by atoms with Crippen molar-refractivity contribution in [2.75, 3.05) is 5.75 Å². The molecule has 0 spiro atoms. The second-order valence-corrected chi connectivity index (χ2v) is 5.44. The molecule has 3 heteroatoms. The first-order valence-electron chi connectivity index (χ1n) is 5.58. The summed E-state index contributed by atoms with van der Waals surface area (Å²) < 4.78 is 12.1. The molecule has 1 aromatic carbocycles. The number of nitrogens with zero attached hydrogens (tertiary/aromatic N) is 1. The van der Waals surface area contributed by atoms with Gasteiger partial charge in [0.2, 0.25) is 0 Å². The van der Waals surface area contributed by atoms with Gasteiger partial charge in [-0.3, -0.25) is 4.21 Å². The van der Waals surface area contributed by atoms with Gasteiger partial charge in [-0.25, -0.2) is 0 Å². The standard InChI is InChI=1S/C13H17NOS/c1-2-3-11-16(15)13(9-10-14)12-7-5-4-6-8-12/h4-8,13H,2-3,9,11H2,1H3. The van der Waals surface area contributed by atoms with E-state index in [4.69, 9.17) is 5.26 Å². The van der Waals surface area contributed by atoms with Crippen LogP contribution in [0.25, 0.3) is 0 Å². The molecule has 16 heavy (non-hydrogen) atoms. The normalized spacial score (nSPS) is 14.0. The van der Waals surface area contributed by atoms with Crippen molar-refractivity contribution in [1.82, 2.24) is 0 Å². The van der Waals surface area contributed by atoms with E-state index in [1.807, 2.05) is 30.3 Å². The van der Waals surface area contributed by atoms with Crippen molar-refractivity contribution in [3.05, 3.63) is 35.9 Å². The van der Waals surface area contributed by atoms with E-state index >= 15 is 0 Å². The predicted molar refractivity (Wildman–Crippen MR) is 67.3 cm³/mol. The first-order valence-corrected chi connectivity index (χ1v) is 6.97. The molecule has 0 saturated carbocycles. The lowest BCUT2D eigenvalue weighted by atomic mass is 10.1. The van der Waals surface area contributed by atoms with Crippen molar-refractivity contribution in [2.45, 2.75) is 31.4 Å². The van der Waals surface area contributed by atoms with E-state index in [9.17, 15) is 4.21 Å². The summed E-state index contributed by atoms with van der Waals surface area (Å²) in [4.78, 5) is 0. The summed E-state index contributed by atoms with van der Waals surface area (Å²) in [6, 6.07) is 11.8. The van der Waals surface area contributed by atoms with Crippen LogP contribution < -0.4 is 0 Å². The van der Waals surface area contributed by atoms with Crippen LogP contribution in [-0.4, -0.2) is 9.96 Å². The summed E-state index contributed by atoms with van der Waals surface area (Å²) in [6.07, 6.45) is 2.33. The van der Waals surface area contributed by atoms with Gasteiger partial charge in [-0.1, -0.05) is 43.7 Å². The molecule has 0 saturated heterocycles. The number of benzene rings is 1. The van der Waals surface area contributed by atoms with Crippen molar-refractivity contribution in [3.8, 4) is 6.07 Å². The highest BCUT2D eigenvalue weighted by atomic mass is 32.2. The van der Waals surface area contributed by atoms with E-state index in [2.05, 4.69) is 13.0 Å². The summed E-state index contributed by atoms with van der Waals surface area (Å²) in [7, 11) is -0.931. The zero-order valence-electron chi connectivity index (χ0n) is 9.56. The van der Waals surface area contributed by atoms with Crippen LogP contribution >= 0.6 is 0 Å². The highest BCUT2D eigenvalue weighted by molar-refractivity contribution is 7.85. The van der Waals surface area contributed by atoms with Gasteiger partial charge in [-0.05, 0) is 12.0 Å². The quantitative estimate of drug-likeness (QED) is 0.759. The molecule has 0 radical (unpaired) electrons. The second-order valence-electron chi connectivity index (χ2n) is 3.70. The number of unbranched alkanes of at least 4 members (excludes halogenated alkanes) is 1. The highest BCUT2D eigenvalue weighted by Gasteiger charge is 2.17. The van der Waals surface area contributed by atoms with Crippen LogP contribution in [0.3, 0.4) is 0 Å². The Morgan fingerprint density at radius 1 is 1.38 bits per heavy atom. The van der Waals surface area contributed by atoms with E-state index in [1.165, 1.54) is 0 Å². The van der Waals surface area contributed by atoms with Gasteiger partial charge < -0.3 is 0 Å². The van der Waals surface area contributed by atoms with Crippen molar-refractivity contribution in [3.63, 3.8) is 0 Å². The topological polar surface area (TPSA) is 40.9 Å². The average Bonchev–Trinajstić information content (AvgIpc) is 2.34. The van der Waals surface area contributed by atoms with E-state index in [0.717, 1.165) is 18.4 Å². The van der Waals surface area contributed by atoms with Crippen LogP contribution in [0.4, 0.5) is 0 Å². The molecular weight excluding hydrogens is 218 g/mol. The molecule has 0 fully saturated rings. The third-order valence-electron chi connectivity index (χ3n) is 2.46. The molecule has 2 nitrogen and oxygen atoms in total. The van der Waals surface area contributed by atoms with Crippen LogP contribution in [-0.2, 0) is 10.8 Å². The third-order valence-corrected chi connectivity index (χ3v) is 4.23. The SMILES string of the molecule is CCCCS(=O)C(CC#N)c1ccccc1. The molecule has 2 unspecified atom stereocenters. The molecule has 0 aliphatic rings. The Labute approximate surface area is 99.8 Å². The Bertz CT molecular complexity index is 369. The minimum absolute atomic E-state index is 0.127. The van der Waals surface area contributed by atoms with E-state index in [0.29, 0.717) is 12.2 Å². The number of hydrogen-bond donors (Lipinski definition) is 0. The van der Waals surface area contributed by atoms with E-state index in [-0.39, 0.29) is 5.25 Å². The lowest BCUT2D eigenvalue weighted by Crippen LogP contribution is -2.09. The average molecular weight is 235 g/mol. The van der Waals surface area contributed by atoms with Gasteiger partial charge >= 0.3 is 0 Å². The number of hydrogen-bond acceptors (Lipinski definition) is 2. The van der Waals surface area contributed by atoms with E-state index in [1.54, 1.807) is 0 Å². The van der Waals surface area contributed by atoms with Gasteiger partial charge in [0.05, 0.1) is 17.7 Å². The molecule has 2 atom stereocenters. The third kappa shape index (κ3) is 3.79. The summed E-state index contributed by atoms with van der Waals surface area (Å²) in [5.74, 6) is 0.692. The van der Waals surface area contributed by atoms with Crippen LogP contribution in [0.1, 0.15) is 37.0 Å². The zero-order chi connectivity index (χ0) is 11.8. The molecule has 0 N–H and O–H groups in total. The molecule has 1 rings (SSSR count). The fourth-order valence-corrected chi connectivity index (χ4v) is 3.12. The monoisotopic (exact) mass is 235 g/mol. The van der Waals surface area contributed by atoms with Crippen LogP contribution in [0.5, 0.6) is 0 Å². The van der Waals surface area contributed by atoms with Gasteiger partial charge in [-0.15, -0.1) is 0 Å². The first kappa shape index (κ1) is 12.9. The second kappa shape index (κ2) is 7.19. The molecule has 1 aromatic rings. The van der Waals surface area contributed by atoms with Gasteiger partial charge in [0.1, 0.15) is 0 Å². The van der Waals surface area contributed by atoms with Crippen LogP contribution in [0, 0.1) is 11.3 Å². The van der Waals surface area contributed by atoms with Crippen LogP contribution in [0.15, 0.2) is 30.3 Å². The summed E-state index contributed by atoms with van der Waals surface area (Å²) in [5.41, 5.74) is 1.01. The van der Waals surface area contributed by atoms with E-state index < -0.39 is 10.8 Å². The van der Waals surface area contributed by atoms with Crippen LogP contribution in [0.2, 0.25) is 0 Å². The first-order chi connectivity index (χ1) is 7.79. The molecule has 0 aromatic heterocycles. The number of rotatable bonds is 6. The maximum absolute atomic E-state index is 12.1. The molecule has 0 aliphatic carbocycles. The lowest BCUT2D eigenvalue weighted by molar-refractivity contribution is 0.668.